The molecule has 0 saturated carbocycles. The van der Waals surface area contributed by atoms with Crippen molar-refractivity contribution in [1.82, 2.24) is 9.59 Å². The second-order valence-electron chi connectivity index (χ2n) is 5.64. The van der Waals surface area contributed by atoms with Crippen molar-refractivity contribution < 1.29 is 4.79 Å². The van der Waals surface area contributed by atoms with E-state index in [1.54, 1.807) is 0 Å². The average molecular weight is 354 g/mol. The first-order valence-electron chi connectivity index (χ1n) is 6.19. The molecule has 0 saturated heterocycles. The molecule has 2 aromatic rings. The van der Waals surface area contributed by atoms with E-state index in [4.69, 9.17) is 0 Å². The molecule has 0 aliphatic heterocycles. The maximum atomic E-state index is 12.4. The van der Waals surface area contributed by atoms with Gasteiger partial charge >= 0.3 is 0 Å². The van der Waals surface area contributed by atoms with Gasteiger partial charge in [0.05, 0.1) is 11.4 Å². The second-order valence-corrected chi connectivity index (χ2v) is 7.25. The van der Waals surface area contributed by atoms with E-state index in [1.807, 2.05) is 45.9 Å². The molecule has 0 radical (unpaired) electrons. The van der Waals surface area contributed by atoms with E-state index in [-0.39, 0.29) is 11.3 Å². The number of aromatic nitrogens is 2. The molecule has 0 fully saturated rings. The predicted molar refractivity (Wildman–Crippen MR) is 85.4 cm³/mol. The molecule has 20 heavy (non-hydrogen) atoms. The molecule has 0 spiro atoms. The Hall–Kier alpha value is -1.27. The number of carbonyl (C=O) groups excluding carboxylic acids is 1. The Labute approximate surface area is 130 Å². The fraction of sp³-hybridized carbons (Fsp3) is 0.357. The molecule has 0 aliphatic rings. The van der Waals surface area contributed by atoms with Gasteiger partial charge in [0.1, 0.15) is 4.88 Å². The molecule has 2 rings (SSSR count). The van der Waals surface area contributed by atoms with Crippen LogP contribution in [0.3, 0.4) is 0 Å². The van der Waals surface area contributed by atoms with Gasteiger partial charge < -0.3 is 5.32 Å². The van der Waals surface area contributed by atoms with Crippen molar-refractivity contribution in [3.63, 3.8) is 0 Å². The quantitative estimate of drug-likeness (QED) is 0.881. The molecule has 0 atom stereocenters. The predicted octanol–water partition coefficient (Wildman–Crippen LogP) is 4.16. The first kappa shape index (κ1) is 15.1. The van der Waals surface area contributed by atoms with Crippen LogP contribution in [-0.2, 0) is 5.41 Å². The minimum atomic E-state index is -0.204. The zero-order chi connectivity index (χ0) is 14.9. The van der Waals surface area contributed by atoms with E-state index in [2.05, 4.69) is 30.8 Å². The summed E-state index contributed by atoms with van der Waals surface area (Å²) in [6.45, 7) is 8.05. The third kappa shape index (κ3) is 3.24. The first-order chi connectivity index (χ1) is 9.29. The molecule has 1 amide bonds. The smallest absolute Gasteiger partial charge is 0.269 e. The Bertz CT molecular complexity index is 646. The third-order valence-electron chi connectivity index (χ3n) is 2.78. The minimum Gasteiger partial charge on any atom is -0.320 e. The molecule has 1 N–H and O–H groups in total. The summed E-state index contributed by atoms with van der Waals surface area (Å²) in [6.07, 6.45) is 0. The fourth-order valence-electron chi connectivity index (χ4n) is 1.73. The molecule has 0 unspecified atom stereocenters. The van der Waals surface area contributed by atoms with E-state index in [1.165, 1.54) is 0 Å². The van der Waals surface area contributed by atoms with E-state index < -0.39 is 0 Å². The zero-order valence-corrected chi connectivity index (χ0v) is 14.2. The van der Waals surface area contributed by atoms with E-state index >= 15 is 0 Å². The van der Waals surface area contributed by atoms with Gasteiger partial charge in [0.25, 0.3) is 5.91 Å². The monoisotopic (exact) mass is 353 g/mol. The topological polar surface area (TPSA) is 54.9 Å². The number of rotatable bonds is 2. The van der Waals surface area contributed by atoms with Gasteiger partial charge in [-0.3, -0.25) is 4.79 Å². The maximum Gasteiger partial charge on any atom is 0.269 e. The van der Waals surface area contributed by atoms with E-state index in [0.717, 1.165) is 32.9 Å². The standard InChI is InChI=1S/C14H16BrN3OS/c1-8-5-6-10(9(15)7-8)16-13(19)11-12(14(2,3)4)17-18-20-11/h5-7H,1-4H3,(H,16,19). The SMILES string of the molecule is Cc1ccc(NC(=O)c2snnc2C(C)(C)C)c(Br)c1. The van der Waals surface area contributed by atoms with Crippen molar-refractivity contribution in [1.29, 1.82) is 0 Å². The number of nitrogens with zero attached hydrogens (tertiary/aromatic N) is 2. The molecule has 0 aliphatic carbocycles. The van der Waals surface area contributed by atoms with Crippen molar-refractivity contribution in [3.05, 3.63) is 38.8 Å². The summed E-state index contributed by atoms with van der Waals surface area (Å²) in [4.78, 5) is 12.9. The van der Waals surface area contributed by atoms with Crippen LogP contribution in [-0.4, -0.2) is 15.5 Å². The van der Waals surface area contributed by atoms with Crippen LogP contribution >= 0.6 is 27.5 Å². The highest BCUT2D eigenvalue weighted by atomic mass is 79.9. The average Bonchev–Trinajstić information content (AvgIpc) is 2.81. The summed E-state index contributed by atoms with van der Waals surface area (Å²) in [5.41, 5.74) is 2.39. The number of halogens is 1. The highest BCUT2D eigenvalue weighted by Gasteiger charge is 2.26. The molecule has 0 bridgehead atoms. The van der Waals surface area contributed by atoms with Crippen LogP contribution in [0.25, 0.3) is 0 Å². The van der Waals surface area contributed by atoms with Crippen LogP contribution in [0.1, 0.15) is 41.7 Å². The summed E-state index contributed by atoms with van der Waals surface area (Å²) >= 11 is 4.58. The number of hydrogen-bond acceptors (Lipinski definition) is 4. The molecular weight excluding hydrogens is 338 g/mol. The van der Waals surface area contributed by atoms with Crippen LogP contribution in [0.4, 0.5) is 5.69 Å². The Morgan fingerprint density at radius 3 is 2.65 bits per heavy atom. The molecule has 6 heteroatoms. The normalized spacial score (nSPS) is 11.4. The lowest BCUT2D eigenvalue weighted by Gasteiger charge is -2.16. The van der Waals surface area contributed by atoms with Crippen LogP contribution in [0.5, 0.6) is 0 Å². The van der Waals surface area contributed by atoms with Gasteiger partial charge in [0.2, 0.25) is 0 Å². The number of amides is 1. The Morgan fingerprint density at radius 2 is 2.05 bits per heavy atom. The summed E-state index contributed by atoms with van der Waals surface area (Å²) in [6, 6.07) is 5.80. The lowest BCUT2D eigenvalue weighted by molar-refractivity contribution is 0.102. The molecule has 1 heterocycles. The largest absolute Gasteiger partial charge is 0.320 e. The summed E-state index contributed by atoms with van der Waals surface area (Å²) in [5, 5.41) is 6.98. The van der Waals surface area contributed by atoms with Crippen LogP contribution in [0.2, 0.25) is 0 Å². The summed E-state index contributed by atoms with van der Waals surface area (Å²) in [7, 11) is 0. The lowest BCUT2D eigenvalue weighted by Crippen LogP contribution is -2.20. The number of aryl methyl sites for hydroxylation is 1. The number of anilines is 1. The minimum absolute atomic E-state index is 0.172. The third-order valence-corrected chi connectivity index (χ3v) is 4.16. The Morgan fingerprint density at radius 1 is 1.35 bits per heavy atom. The number of hydrogen-bond donors (Lipinski definition) is 1. The number of carbonyl (C=O) groups is 1. The van der Waals surface area contributed by atoms with Crippen molar-refractivity contribution >= 4 is 39.1 Å². The van der Waals surface area contributed by atoms with E-state index in [0.29, 0.717) is 4.88 Å². The van der Waals surface area contributed by atoms with Crippen molar-refractivity contribution in [2.75, 3.05) is 5.32 Å². The van der Waals surface area contributed by atoms with Gasteiger partial charge in [-0.25, -0.2) is 0 Å². The van der Waals surface area contributed by atoms with Gasteiger partial charge in [-0.2, -0.15) is 0 Å². The maximum absolute atomic E-state index is 12.4. The molecule has 1 aromatic carbocycles. The number of benzene rings is 1. The molecule has 4 nitrogen and oxygen atoms in total. The fourth-order valence-corrected chi connectivity index (χ4v) is 3.09. The van der Waals surface area contributed by atoms with E-state index in [9.17, 15) is 4.79 Å². The van der Waals surface area contributed by atoms with Gasteiger partial charge in [0.15, 0.2) is 0 Å². The second kappa shape index (κ2) is 5.61. The Kier molecular flexibility index (Phi) is 4.25. The molecular formula is C14H16BrN3OS. The highest BCUT2D eigenvalue weighted by molar-refractivity contribution is 9.10. The molecule has 1 aromatic heterocycles. The van der Waals surface area contributed by atoms with Crippen LogP contribution < -0.4 is 5.32 Å². The summed E-state index contributed by atoms with van der Waals surface area (Å²) in [5.74, 6) is -0.172. The van der Waals surface area contributed by atoms with Crippen LogP contribution in [0.15, 0.2) is 22.7 Å². The Balaban J connectivity index is 2.27. The zero-order valence-electron chi connectivity index (χ0n) is 11.8. The van der Waals surface area contributed by atoms with Gasteiger partial charge in [-0.15, -0.1) is 5.10 Å². The van der Waals surface area contributed by atoms with Crippen LogP contribution in [0, 0.1) is 6.92 Å². The van der Waals surface area contributed by atoms with Gasteiger partial charge in [0, 0.05) is 9.89 Å². The number of nitrogens with one attached hydrogen (secondary N) is 1. The molecule has 106 valence electrons. The van der Waals surface area contributed by atoms with Crippen molar-refractivity contribution in [3.8, 4) is 0 Å². The van der Waals surface area contributed by atoms with Crippen molar-refractivity contribution in [2.24, 2.45) is 0 Å². The van der Waals surface area contributed by atoms with Gasteiger partial charge in [-0.05, 0) is 52.1 Å². The van der Waals surface area contributed by atoms with Crippen molar-refractivity contribution in [2.45, 2.75) is 33.1 Å². The lowest BCUT2D eigenvalue weighted by atomic mass is 9.91. The highest BCUT2D eigenvalue weighted by Crippen LogP contribution is 2.28. The first-order valence-corrected chi connectivity index (χ1v) is 7.76. The summed E-state index contributed by atoms with van der Waals surface area (Å²) < 4.78 is 4.77. The van der Waals surface area contributed by atoms with Gasteiger partial charge in [-0.1, -0.05) is 31.3 Å².